The van der Waals surface area contributed by atoms with Crippen LogP contribution in [0.5, 0.6) is 0 Å². The first-order valence-electron chi connectivity index (χ1n) is 12.6. The summed E-state index contributed by atoms with van der Waals surface area (Å²) in [5, 5.41) is 33.5. The van der Waals surface area contributed by atoms with E-state index in [2.05, 4.69) is 5.32 Å². The predicted molar refractivity (Wildman–Crippen MR) is 143 cm³/mol. The van der Waals surface area contributed by atoms with E-state index in [4.69, 9.17) is 14.7 Å². The summed E-state index contributed by atoms with van der Waals surface area (Å²) in [6, 6.07) is 20.0. The second kappa shape index (κ2) is 14.1. The molecule has 4 rings (SSSR count). The number of aromatic nitrogens is 1. The van der Waals surface area contributed by atoms with E-state index in [-0.39, 0.29) is 37.6 Å². The van der Waals surface area contributed by atoms with Crippen LogP contribution in [0.2, 0.25) is 0 Å². The molecule has 2 aromatic carbocycles. The summed E-state index contributed by atoms with van der Waals surface area (Å²) in [7, 11) is 0. The van der Waals surface area contributed by atoms with Gasteiger partial charge in [0.25, 0.3) is 5.03 Å². The van der Waals surface area contributed by atoms with E-state index in [1.54, 1.807) is 35.8 Å². The van der Waals surface area contributed by atoms with Crippen molar-refractivity contribution in [3.63, 3.8) is 0 Å². The Balaban J connectivity index is 1.47. The van der Waals surface area contributed by atoms with Gasteiger partial charge < -0.3 is 25.1 Å². The summed E-state index contributed by atoms with van der Waals surface area (Å²) in [6.07, 6.45) is 1.27. The lowest BCUT2D eigenvalue weighted by molar-refractivity contribution is -0.645. The van der Waals surface area contributed by atoms with Gasteiger partial charge in [0, 0.05) is 48.4 Å². The number of thioether (sulfide) groups is 1. The number of carbonyl (C=O) groups is 2. The minimum Gasteiger partial charge on any atom is -0.618 e. The standard InChI is InChI=1S/C28H31N3O7S/c32-17-19-10-12-20(13-11-19)24-16-23(18-39-27-9-1-2-14-31(27)36)37-28(38-24)21-5-3-6-22(15-21)29-25(33)7-4-8-26(34)30-35/h1-3,5-6,9-15,23-24,28,32,35H,4,7-8,16-18H2,(H,29,33)(H,30,34)/t23-,24+,28+/m0/s1. The molecule has 1 aromatic heterocycles. The van der Waals surface area contributed by atoms with Crippen molar-refractivity contribution < 1.29 is 34.1 Å². The number of nitrogens with one attached hydrogen (secondary N) is 2. The highest BCUT2D eigenvalue weighted by Gasteiger charge is 2.33. The van der Waals surface area contributed by atoms with Crippen LogP contribution in [-0.4, -0.2) is 34.0 Å². The number of benzene rings is 2. The molecule has 1 fully saturated rings. The first kappa shape index (κ1) is 28.5. The molecule has 1 aliphatic rings. The first-order valence-corrected chi connectivity index (χ1v) is 13.6. The molecule has 206 valence electrons. The Kier molecular flexibility index (Phi) is 10.3. The number of nitrogens with zero attached hydrogens (tertiary/aromatic N) is 1. The van der Waals surface area contributed by atoms with Crippen LogP contribution in [0, 0.1) is 5.21 Å². The number of hydrogen-bond donors (Lipinski definition) is 4. The van der Waals surface area contributed by atoms with Gasteiger partial charge in [0.2, 0.25) is 11.8 Å². The van der Waals surface area contributed by atoms with Gasteiger partial charge in [0.05, 0.1) is 18.8 Å². The molecule has 3 atom stereocenters. The molecular weight excluding hydrogens is 522 g/mol. The number of hydrogen-bond acceptors (Lipinski definition) is 8. The average molecular weight is 554 g/mol. The molecule has 2 heterocycles. The van der Waals surface area contributed by atoms with Crippen LogP contribution in [-0.2, 0) is 25.7 Å². The minimum absolute atomic E-state index is 0.0448. The number of rotatable bonds is 11. The summed E-state index contributed by atoms with van der Waals surface area (Å²) in [6.45, 7) is -0.0454. The van der Waals surface area contributed by atoms with Crippen LogP contribution in [0.1, 0.15) is 54.8 Å². The van der Waals surface area contributed by atoms with Gasteiger partial charge in [-0.1, -0.05) is 48.2 Å². The van der Waals surface area contributed by atoms with E-state index in [1.807, 2.05) is 36.4 Å². The summed E-state index contributed by atoms with van der Waals surface area (Å²) >= 11 is 1.41. The third-order valence-corrected chi connectivity index (χ3v) is 7.35. The number of carbonyl (C=O) groups excluding carboxylic acids is 2. The van der Waals surface area contributed by atoms with E-state index < -0.39 is 12.2 Å². The van der Waals surface area contributed by atoms with E-state index >= 15 is 0 Å². The monoisotopic (exact) mass is 553 g/mol. The summed E-state index contributed by atoms with van der Waals surface area (Å²) in [4.78, 5) is 23.5. The lowest BCUT2D eigenvalue weighted by atomic mass is 10.0. The molecule has 1 aliphatic heterocycles. The largest absolute Gasteiger partial charge is 0.618 e. The normalized spacial score (nSPS) is 18.9. The second-order valence-corrected chi connectivity index (χ2v) is 10.1. The van der Waals surface area contributed by atoms with Gasteiger partial charge >= 0.3 is 0 Å². The van der Waals surface area contributed by atoms with E-state index in [9.17, 15) is 19.9 Å². The molecule has 0 unspecified atom stereocenters. The quantitative estimate of drug-likeness (QED) is 0.0924. The van der Waals surface area contributed by atoms with Crippen LogP contribution >= 0.6 is 11.8 Å². The number of amides is 2. The van der Waals surface area contributed by atoms with Gasteiger partial charge in [-0.25, -0.2) is 5.48 Å². The van der Waals surface area contributed by atoms with Crippen LogP contribution in [0.4, 0.5) is 5.69 Å². The molecule has 11 heteroatoms. The third kappa shape index (κ3) is 8.25. The molecule has 10 nitrogen and oxygen atoms in total. The number of anilines is 1. The van der Waals surface area contributed by atoms with Gasteiger partial charge in [0.15, 0.2) is 12.5 Å². The number of hydroxylamine groups is 1. The van der Waals surface area contributed by atoms with Crippen molar-refractivity contribution in [2.24, 2.45) is 0 Å². The first-order chi connectivity index (χ1) is 18.9. The molecule has 0 bridgehead atoms. The van der Waals surface area contributed by atoms with Gasteiger partial charge in [0.1, 0.15) is 0 Å². The van der Waals surface area contributed by atoms with Gasteiger partial charge in [-0.3, -0.25) is 14.8 Å². The summed E-state index contributed by atoms with van der Waals surface area (Å²) in [5.74, 6) is -0.259. The molecular formula is C28H31N3O7S. The highest BCUT2D eigenvalue weighted by molar-refractivity contribution is 7.99. The van der Waals surface area contributed by atoms with Crippen molar-refractivity contribution in [2.75, 3.05) is 11.1 Å². The van der Waals surface area contributed by atoms with E-state index in [0.29, 0.717) is 29.3 Å². The van der Waals surface area contributed by atoms with Crippen LogP contribution in [0.25, 0.3) is 0 Å². The third-order valence-electron chi connectivity index (χ3n) is 6.20. The topological polar surface area (TPSA) is 144 Å². The molecule has 0 spiro atoms. The summed E-state index contributed by atoms with van der Waals surface area (Å²) in [5.41, 5.74) is 4.59. The fourth-order valence-corrected chi connectivity index (χ4v) is 5.11. The molecule has 1 saturated heterocycles. The Labute approximate surface area is 230 Å². The number of aliphatic hydroxyl groups is 1. The molecule has 3 aromatic rings. The van der Waals surface area contributed by atoms with Crippen molar-refractivity contribution in [2.45, 2.75) is 55.8 Å². The van der Waals surface area contributed by atoms with Crippen LogP contribution in [0.15, 0.2) is 78.0 Å². The molecule has 39 heavy (non-hydrogen) atoms. The van der Waals surface area contributed by atoms with Crippen LogP contribution in [0.3, 0.4) is 0 Å². The zero-order chi connectivity index (χ0) is 27.6. The van der Waals surface area contributed by atoms with Crippen molar-refractivity contribution in [1.29, 1.82) is 0 Å². The van der Waals surface area contributed by atoms with E-state index in [0.717, 1.165) is 21.4 Å². The van der Waals surface area contributed by atoms with Crippen LogP contribution < -0.4 is 15.5 Å². The van der Waals surface area contributed by atoms with Crippen molar-refractivity contribution in [3.8, 4) is 0 Å². The Bertz CT molecular complexity index is 1260. The zero-order valence-corrected chi connectivity index (χ0v) is 22.0. The zero-order valence-electron chi connectivity index (χ0n) is 21.2. The number of ether oxygens (including phenoxy) is 2. The number of pyridine rings is 1. The smallest absolute Gasteiger partial charge is 0.251 e. The second-order valence-electron chi connectivity index (χ2n) is 9.09. The maximum Gasteiger partial charge on any atom is 0.251 e. The van der Waals surface area contributed by atoms with Crippen molar-refractivity contribution in [3.05, 3.63) is 94.8 Å². The molecule has 0 radical (unpaired) electrons. The molecule has 0 aliphatic carbocycles. The van der Waals surface area contributed by atoms with Gasteiger partial charge in [-0.05, 0) is 35.7 Å². The maximum atomic E-state index is 12.3. The maximum absolute atomic E-state index is 12.3. The highest BCUT2D eigenvalue weighted by atomic mass is 32.2. The fourth-order valence-electron chi connectivity index (χ4n) is 4.18. The molecule has 2 amide bonds. The Hall–Kier alpha value is -3.48. The Morgan fingerprint density at radius 3 is 2.54 bits per heavy atom. The molecule has 0 saturated carbocycles. The Morgan fingerprint density at radius 1 is 1.00 bits per heavy atom. The fraction of sp³-hybridized carbons (Fsp3) is 0.321. The van der Waals surface area contributed by atoms with Crippen molar-refractivity contribution >= 4 is 29.3 Å². The number of aliphatic hydroxyl groups excluding tert-OH is 1. The SMILES string of the molecule is O=C(CCCC(=O)Nc1cccc([C@@H]2O[C@H](CSc3cccc[n+]3[O-])C[C@H](c3ccc(CO)cc3)O2)c1)NO. The van der Waals surface area contributed by atoms with Crippen molar-refractivity contribution in [1.82, 2.24) is 5.48 Å². The van der Waals surface area contributed by atoms with Gasteiger partial charge in [-0.2, -0.15) is 4.73 Å². The minimum atomic E-state index is -0.716. The summed E-state index contributed by atoms with van der Waals surface area (Å²) < 4.78 is 13.5. The van der Waals surface area contributed by atoms with Gasteiger partial charge in [-0.15, -0.1) is 0 Å². The van der Waals surface area contributed by atoms with E-state index in [1.165, 1.54) is 18.0 Å². The molecule has 4 N–H and O–H groups in total. The highest BCUT2D eigenvalue weighted by Crippen LogP contribution is 2.39. The lowest BCUT2D eigenvalue weighted by Crippen LogP contribution is -2.32. The predicted octanol–water partition coefficient (Wildman–Crippen LogP) is 3.76. The lowest BCUT2D eigenvalue weighted by Gasteiger charge is -2.36. The average Bonchev–Trinajstić information content (AvgIpc) is 2.96. The Morgan fingerprint density at radius 2 is 1.79 bits per heavy atom.